The Morgan fingerprint density at radius 3 is 2.18 bits per heavy atom. The molecule has 0 N–H and O–H groups in total. The highest BCUT2D eigenvalue weighted by Crippen LogP contribution is 2.28. The number of rotatable bonds is 3. The second-order valence-corrected chi connectivity index (χ2v) is 6.17. The van der Waals surface area contributed by atoms with Crippen molar-refractivity contribution in [2.75, 3.05) is 7.11 Å². The Hall–Kier alpha value is -2.43. The molecule has 5 nitrogen and oxygen atoms in total. The third kappa shape index (κ3) is 2.79. The maximum absolute atomic E-state index is 12.3. The summed E-state index contributed by atoms with van der Waals surface area (Å²) < 4.78 is 10.2. The van der Waals surface area contributed by atoms with Gasteiger partial charge >= 0.3 is 5.97 Å². The Morgan fingerprint density at radius 2 is 1.68 bits per heavy atom. The molecule has 0 amide bonds. The van der Waals surface area contributed by atoms with Crippen LogP contribution in [0, 0.1) is 5.41 Å². The molecule has 2 aromatic rings. The number of carbonyl (C=O) groups excluding carboxylic acids is 3. The summed E-state index contributed by atoms with van der Waals surface area (Å²) in [5.74, 6) is -0.814. The van der Waals surface area contributed by atoms with Crippen LogP contribution in [0.15, 0.2) is 22.6 Å². The number of ketones is 2. The summed E-state index contributed by atoms with van der Waals surface area (Å²) in [6, 6.07) is 4.58. The lowest BCUT2D eigenvalue weighted by Crippen LogP contribution is -2.19. The average Bonchev–Trinajstić information content (AvgIpc) is 2.85. The van der Waals surface area contributed by atoms with Crippen molar-refractivity contribution in [3.63, 3.8) is 0 Å². The third-order valence-electron chi connectivity index (χ3n) is 3.35. The predicted octanol–water partition coefficient (Wildman–Crippen LogP) is 3.65. The van der Waals surface area contributed by atoms with Crippen LogP contribution in [0.4, 0.5) is 0 Å². The van der Waals surface area contributed by atoms with Gasteiger partial charge in [0.2, 0.25) is 5.78 Å². The van der Waals surface area contributed by atoms with Gasteiger partial charge in [-0.3, -0.25) is 9.59 Å². The molecule has 0 aliphatic heterocycles. The number of methoxy groups -OCH3 is 1. The quantitative estimate of drug-likeness (QED) is 0.639. The van der Waals surface area contributed by atoms with Crippen LogP contribution < -0.4 is 0 Å². The van der Waals surface area contributed by atoms with Crippen LogP contribution in [-0.4, -0.2) is 24.6 Å². The first-order chi connectivity index (χ1) is 10.1. The average molecular weight is 302 g/mol. The normalized spacial score (nSPS) is 11.5. The standard InChI is InChI=1S/C17H18O5/c1-9(18)11-6-10-7-14(15(19)17(2,3)4)22-13(10)8-12(11)16(20)21-5/h6-8H,1-5H3. The minimum absolute atomic E-state index is 0.131. The first kappa shape index (κ1) is 15.9. The number of hydrogen-bond donors (Lipinski definition) is 0. The smallest absolute Gasteiger partial charge is 0.338 e. The van der Waals surface area contributed by atoms with Gasteiger partial charge in [0.25, 0.3) is 0 Å². The number of hydrogen-bond acceptors (Lipinski definition) is 5. The van der Waals surface area contributed by atoms with Gasteiger partial charge in [0, 0.05) is 16.4 Å². The zero-order valence-electron chi connectivity index (χ0n) is 13.3. The summed E-state index contributed by atoms with van der Waals surface area (Å²) in [6.45, 7) is 6.76. The molecular formula is C17H18O5. The second-order valence-electron chi connectivity index (χ2n) is 6.17. The fourth-order valence-corrected chi connectivity index (χ4v) is 2.14. The Balaban J connectivity index is 2.65. The molecule has 2 rings (SSSR count). The molecule has 0 fully saturated rings. The predicted molar refractivity (Wildman–Crippen MR) is 81.3 cm³/mol. The monoisotopic (exact) mass is 302 g/mol. The summed E-state index contributed by atoms with van der Waals surface area (Å²) in [7, 11) is 1.24. The Labute approximate surface area is 128 Å². The molecule has 1 heterocycles. The van der Waals surface area contributed by atoms with E-state index < -0.39 is 11.4 Å². The fourth-order valence-electron chi connectivity index (χ4n) is 2.14. The number of carbonyl (C=O) groups is 3. The van der Waals surface area contributed by atoms with Crippen molar-refractivity contribution in [3.8, 4) is 0 Å². The van der Waals surface area contributed by atoms with Crippen molar-refractivity contribution >= 4 is 28.5 Å². The summed E-state index contributed by atoms with van der Waals surface area (Å²) in [4.78, 5) is 35.8. The lowest BCUT2D eigenvalue weighted by molar-refractivity contribution is 0.0597. The van der Waals surface area contributed by atoms with E-state index in [2.05, 4.69) is 4.74 Å². The highest BCUT2D eigenvalue weighted by molar-refractivity contribution is 6.09. The topological polar surface area (TPSA) is 73.6 Å². The van der Waals surface area contributed by atoms with Crippen LogP contribution in [0.3, 0.4) is 0 Å². The van der Waals surface area contributed by atoms with E-state index in [0.717, 1.165) is 0 Å². The SMILES string of the molecule is COC(=O)c1cc2oc(C(=O)C(C)(C)C)cc2cc1C(C)=O. The van der Waals surface area contributed by atoms with Gasteiger partial charge in [0.1, 0.15) is 5.58 Å². The minimum Gasteiger partial charge on any atom is -0.465 e. The fraction of sp³-hybridized carbons (Fsp3) is 0.353. The van der Waals surface area contributed by atoms with Crippen LogP contribution in [0.5, 0.6) is 0 Å². The third-order valence-corrected chi connectivity index (χ3v) is 3.35. The molecule has 0 radical (unpaired) electrons. The number of fused-ring (bicyclic) bond motifs is 1. The van der Waals surface area contributed by atoms with Gasteiger partial charge in [-0.25, -0.2) is 4.79 Å². The van der Waals surface area contributed by atoms with Gasteiger partial charge < -0.3 is 9.15 Å². The molecule has 116 valence electrons. The Bertz CT molecular complexity index is 774. The van der Waals surface area contributed by atoms with Crippen molar-refractivity contribution in [1.29, 1.82) is 0 Å². The molecule has 0 aliphatic rings. The number of benzene rings is 1. The summed E-state index contributed by atoms with van der Waals surface area (Å²) in [5, 5.41) is 0.602. The molecule has 0 saturated heterocycles. The molecule has 0 aliphatic carbocycles. The lowest BCUT2D eigenvalue weighted by atomic mass is 9.89. The van der Waals surface area contributed by atoms with Crippen LogP contribution in [0.2, 0.25) is 0 Å². The Kier molecular flexibility index (Phi) is 3.92. The zero-order valence-corrected chi connectivity index (χ0v) is 13.3. The van der Waals surface area contributed by atoms with E-state index in [4.69, 9.17) is 4.42 Å². The van der Waals surface area contributed by atoms with Crippen LogP contribution >= 0.6 is 0 Å². The number of esters is 1. The maximum atomic E-state index is 12.3. The van der Waals surface area contributed by atoms with Crippen molar-refractivity contribution < 1.29 is 23.5 Å². The van der Waals surface area contributed by atoms with E-state index in [9.17, 15) is 14.4 Å². The summed E-state index contributed by atoms with van der Waals surface area (Å²) in [6.07, 6.45) is 0. The molecule has 5 heteroatoms. The molecule has 1 aromatic carbocycles. The lowest BCUT2D eigenvalue weighted by Gasteiger charge is -2.13. The first-order valence-corrected chi connectivity index (χ1v) is 6.87. The van der Waals surface area contributed by atoms with Crippen LogP contribution in [0.25, 0.3) is 11.0 Å². The first-order valence-electron chi connectivity index (χ1n) is 6.87. The van der Waals surface area contributed by atoms with Crippen LogP contribution in [-0.2, 0) is 4.74 Å². The second kappa shape index (κ2) is 5.40. The summed E-state index contributed by atoms with van der Waals surface area (Å²) >= 11 is 0. The van der Waals surface area contributed by atoms with E-state index >= 15 is 0 Å². The van der Waals surface area contributed by atoms with E-state index in [1.54, 1.807) is 32.9 Å². The molecule has 0 unspecified atom stereocenters. The zero-order chi connectivity index (χ0) is 16.7. The molecular weight excluding hydrogens is 284 g/mol. The molecule has 22 heavy (non-hydrogen) atoms. The van der Waals surface area contributed by atoms with Crippen molar-refractivity contribution in [3.05, 3.63) is 35.1 Å². The van der Waals surface area contributed by atoms with Gasteiger partial charge in [-0.05, 0) is 25.1 Å². The minimum atomic E-state index is -0.618. The maximum Gasteiger partial charge on any atom is 0.338 e. The number of ether oxygens (including phenoxy) is 1. The van der Waals surface area contributed by atoms with Gasteiger partial charge in [-0.15, -0.1) is 0 Å². The molecule has 1 aromatic heterocycles. The summed E-state index contributed by atoms with van der Waals surface area (Å²) in [5.41, 5.74) is 0.169. The highest BCUT2D eigenvalue weighted by Gasteiger charge is 2.27. The van der Waals surface area contributed by atoms with E-state index in [0.29, 0.717) is 11.0 Å². The highest BCUT2D eigenvalue weighted by atomic mass is 16.5. The Morgan fingerprint density at radius 1 is 1.05 bits per heavy atom. The molecule has 0 saturated carbocycles. The number of Topliss-reactive ketones (excluding diaryl/α,β-unsaturated/α-hetero) is 2. The van der Waals surface area contributed by atoms with Crippen molar-refractivity contribution in [2.24, 2.45) is 5.41 Å². The van der Waals surface area contributed by atoms with Gasteiger partial charge in [0.15, 0.2) is 11.5 Å². The van der Waals surface area contributed by atoms with E-state index in [1.807, 2.05) is 0 Å². The van der Waals surface area contributed by atoms with E-state index in [1.165, 1.54) is 20.1 Å². The van der Waals surface area contributed by atoms with Crippen molar-refractivity contribution in [2.45, 2.75) is 27.7 Å². The number of furan rings is 1. The molecule has 0 spiro atoms. The molecule has 0 bridgehead atoms. The molecule has 0 atom stereocenters. The van der Waals surface area contributed by atoms with Gasteiger partial charge in [-0.1, -0.05) is 20.8 Å². The van der Waals surface area contributed by atoms with Gasteiger partial charge in [-0.2, -0.15) is 0 Å². The van der Waals surface area contributed by atoms with Crippen LogP contribution in [0.1, 0.15) is 59.0 Å². The van der Waals surface area contributed by atoms with Gasteiger partial charge in [0.05, 0.1) is 12.7 Å². The largest absolute Gasteiger partial charge is 0.465 e. The van der Waals surface area contributed by atoms with E-state index in [-0.39, 0.29) is 28.5 Å². The van der Waals surface area contributed by atoms with Crippen molar-refractivity contribution in [1.82, 2.24) is 0 Å².